The molecular formula is C25H18F3NO3. The number of carboxylic acid groups (broad SMARTS) is 1. The topological polar surface area (TPSA) is 59.3 Å². The normalized spacial score (nSPS) is 11.6. The van der Waals surface area contributed by atoms with Gasteiger partial charge in [0.15, 0.2) is 0 Å². The lowest BCUT2D eigenvalue weighted by atomic mass is 9.95. The number of hydrogen-bond donors (Lipinski definition) is 1. The highest BCUT2D eigenvalue weighted by Gasteiger charge is 2.33. The van der Waals surface area contributed by atoms with Crippen molar-refractivity contribution >= 4 is 16.7 Å². The molecule has 1 N–H and O–H groups in total. The van der Waals surface area contributed by atoms with E-state index in [9.17, 15) is 27.9 Å². The molecular weight excluding hydrogens is 419 g/mol. The smallest absolute Gasteiger partial charge is 0.417 e. The Hall–Kier alpha value is -3.87. The van der Waals surface area contributed by atoms with Crippen molar-refractivity contribution in [2.75, 3.05) is 0 Å². The minimum atomic E-state index is -4.57. The van der Waals surface area contributed by atoms with Gasteiger partial charge in [0, 0.05) is 16.5 Å². The minimum Gasteiger partial charge on any atom is -0.478 e. The van der Waals surface area contributed by atoms with Crippen molar-refractivity contribution in [3.05, 3.63) is 106 Å². The number of aromatic carboxylic acids is 1. The molecule has 0 fully saturated rings. The Bertz CT molecular complexity index is 1390. The molecule has 0 unspecified atom stereocenters. The van der Waals surface area contributed by atoms with Crippen molar-refractivity contribution in [2.45, 2.75) is 19.6 Å². The maximum Gasteiger partial charge on any atom is 0.417 e. The quantitative estimate of drug-likeness (QED) is 0.443. The number of pyridine rings is 1. The van der Waals surface area contributed by atoms with Gasteiger partial charge in [-0.1, -0.05) is 54.6 Å². The fraction of sp³-hybridized carbons (Fsp3) is 0.120. The molecule has 1 heterocycles. The second-order valence-electron chi connectivity index (χ2n) is 7.45. The van der Waals surface area contributed by atoms with E-state index in [1.807, 2.05) is 30.3 Å². The molecule has 0 saturated heterocycles. The molecule has 0 aliphatic rings. The molecule has 0 atom stereocenters. The monoisotopic (exact) mass is 437 g/mol. The first-order valence-corrected chi connectivity index (χ1v) is 9.79. The van der Waals surface area contributed by atoms with E-state index in [0.29, 0.717) is 0 Å². The van der Waals surface area contributed by atoms with E-state index in [1.165, 1.54) is 47.9 Å². The maximum atomic E-state index is 13.5. The first-order valence-electron chi connectivity index (χ1n) is 9.79. The minimum absolute atomic E-state index is 0.0793. The number of alkyl halides is 3. The average Bonchev–Trinajstić information content (AvgIpc) is 2.76. The van der Waals surface area contributed by atoms with E-state index in [0.717, 1.165) is 11.6 Å². The first-order chi connectivity index (χ1) is 15.2. The number of carbonyl (C=O) groups is 1. The van der Waals surface area contributed by atoms with Gasteiger partial charge in [-0.2, -0.15) is 13.2 Å². The number of halogens is 3. The molecule has 0 aliphatic heterocycles. The number of benzene rings is 3. The summed E-state index contributed by atoms with van der Waals surface area (Å²) in [6, 6.07) is 18.4. The van der Waals surface area contributed by atoms with E-state index in [-0.39, 0.29) is 39.7 Å². The maximum absolute atomic E-state index is 13.5. The van der Waals surface area contributed by atoms with Crippen LogP contribution in [0.4, 0.5) is 13.2 Å². The molecule has 3 aromatic carbocycles. The van der Waals surface area contributed by atoms with E-state index in [1.54, 1.807) is 0 Å². The van der Waals surface area contributed by atoms with Crippen LogP contribution in [0.25, 0.3) is 21.9 Å². The van der Waals surface area contributed by atoms with E-state index in [4.69, 9.17) is 0 Å². The Balaban J connectivity index is 1.98. The van der Waals surface area contributed by atoms with Gasteiger partial charge in [0.05, 0.1) is 17.7 Å². The summed E-state index contributed by atoms with van der Waals surface area (Å²) in [5.41, 5.74) is -0.171. The molecule has 4 nitrogen and oxygen atoms in total. The number of carboxylic acids is 1. The largest absolute Gasteiger partial charge is 0.478 e. The summed E-state index contributed by atoms with van der Waals surface area (Å²) in [4.78, 5) is 25.3. The molecule has 0 aliphatic carbocycles. The Morgan fingerprint density at radius 2 is 1.59 bits per heavy atom. The lowest BCUT2D eigenvalue weighted by molar-refractivity contribution is -0.137. The molecule has 7 heteroatoms. The summed E-state index contributed by atoms with van der Waals surface area (Å²) in [7, 11) is 0. The van der Waals surface area contributed by atoms with E-state index < -0.39 is 23.3 Å². The first kappa shape index (κ1) is 21.4. The number of aromatic nitrogens is 1. The van der Waals surface area contributed by atoms with Crippen LogP contribution in [0.3, 0.4) is 0 Å². The van der Waals surface area contributed by atoms with Gasteiger partial charge in [-0.3, -0.25) is 4.79 Å². The third kappa shape index (κ3) is 3.77. The van der Waals surface area contributed by atoms with Crippen molar-refractivity contribution < 1.29 is 23.1 Å². The molecule has 0 amide bonds. The SMILES string of the molecule is Cc1c(C(=O)O)c2cc(-c3ccccc3C(F)(F)F)ccc2c(=O)n1Cc1ccccc1. The molecule has 1 aromatic heterocycles. The van der Waals surface area contributed by atoms with Crippen LogP contribution in [-0.4, -0.2) is 15.6 Å². The van der Waals surface area contributed by atoms with Crippen molar-refractivity contribution in [2.24, 2.45) is 0 Å². The van der Waals surface area contributed by atoms with Gasteiger partial charge in [0.25, 0.3) is 5.56 Å². The van der Waals surface area contributed by atoms with Crippen LogP contribution in [0, 0.1) is 6.92 Å². The van der Waals surface area contributed by atoms with Crippen molar-refractivity contribution in [1.29, 1.82) is 0 Å². The zero-order chi connectivity index (χ0) is 23.0. The number of rotatable bonds is 4. The van der Waals surface area contributed by atoms with Crippen LogP contribution in [0.15, 0.2) is 77.6 Å². The van der Waals surface area contributed by atoms with Crippen LogP contribution in [0.2, 0.25) is 0 Å². The summed E-state index contributed by atoms with van der Waals surface area (Å²) >= 11 is 0. The molecule has 0 radical (unpaired) electrons. The average molecular weight is 437 g/mol. The standard InChI is InChI=1S/C25H18F3NO3/c1-15-22(24(31)32)20-13-17(18-9-5-6-10-21(18)25(26,27)28)11-12-19(20)23(30)29(15)14-16-7-3-2-4-8-16/h2-13H,14H2,1H3,(H,31,32). The Kier molecular flexibility index (Phi) is 5.34. The van der Waals surface area contributed by atoms with Gasteiger partial charge in [-0.25, -0.2) is 4.79 Å². The van der Waals surface area contributed by atoms with Gasteiger partial charge in [-0.15, -0.1) is 0 Å². The van der Waals surface area contributed by atoms with Crippen LogP contribution < -0.4 is 5.56 Å². The van der Waals surface area contributed by atoms with Crippen molar-refractivity contribution in [3.8, 4) is 11.1 Å². The second-order valence-corrected chi connectivity index (χ2v) is 7.45. The van der Waals surface area contributed by atoms with Crippen LogP contribution >= 0.6 is 0 Å². The predicted molar refractivity (Wildman–Crippen MR) is 116 cm³/mol. The highest BCUT2D eigenvalue weighted by atomic mass is 19.4. The summed E-state index contributed by atoms with van der Waals surface area (Å²) in [6.07, 6.45) is -4.57. The molecule has 0 bridgehead atoms. The number of hydrogen-bond acceptors (Lipinski definition) is 2. The second kappa shape index (κ2) is 8.00. The van der Waals surface area contributed by atoms with Gasteiger partial charge >= 0.3 is 12.1 Å². The Morgan fingerprint density at radius 1 is 0.938 bits per heavy atom. The summed E-state index contributed by atoms with van der Waals surface area (Å²) in [5.74, 6) is -1.25. The zero-order valence-electron chi connectivity index (χ0n) is 17.0. The fourth-order valence-electron chi connectivity index (χ4n) is 3.94. The zero-order valence-corrected chi connectivity index (χ0v) is 17.0. The van der Waals surface area contributed by atoms with Crippen LogP contribution in [-0.2, 0) is 12.7 Å². The van der Waals surface area contributed by atoms with Gasteiger partial charge < -0.3 is 9.67 Å². The number of nitrogens with zero attached hydrogens (tertiary/aromatic N) is 1. The van der Waals surface area contributed by atoms with Crippen LogP contribution in [0.1, 0.15) is 27.2 Å². The van der Waals surface area contributed by atoms with E-state index >= 15 is 0 Å². The molecule has 4 aromatic rings. The van der Waals surface area contributed by atoms with Crippen LogP contribution in [0.5, 0.6) is 0 Å². The molecule has 32 heavy (non-hydrogen) atoms. The van der Waals surface area contributed by atoms with Crippen molar-refractivity contribution in [3.63, 3.8) is 0 Å². The highest BCUT2D eigenvalue weighted by Crippen LogP contribution is 2.38. The number of fused-ring (bicyclic) bond motifs is 1. The molecule has 162 valence electrons. The summed E-state index contributed by atoms with van der Waals surface area (Å²) in [5, 5.41) is 10.1. The Morgan fingerprint density at radius 3 is 2.25 bits per heavy atom. The molecule has 0 spiro atoms. The molecule has 0 saturated carbocycles. The predicted octanol–water partition coefficient (Wildman–Crippen LogP) is 5.74. The third-order valence-electron chi connectivity index (χ3n) is 5.47. The molecule has 4 rings (SSSR count). The highest BCUT2D eigenvalue weighted by molar-refractivity contribution is 6.05. The Labute approximate surface area is 181 Å². The summed E-state index contributed by atoms with van der Waals surface area (Å²) < 4.78 is 41.9. The fourth-order valence-corrected chi connectivity index (χ4v) is 3.94. The summed E-state index contributed by atoms with van der Waals surface area (Å²) in [6.45, 7) is 1.71. The van der Waals surface area contributed by atoms with Gasteiger partial charge in [0.2, 0.25) is 0 Å². The van der Waals surface area contributed by atoms with Gasteiger partial charge in [0.1, 0.15) is 0 Å². The van der Waals surface area contributed by atoms with Crippen molar-refractivity contribution in [1.82, 2.24) is 4.57 Å². The van der Waals surface area contributed by atoms with Gasteiger partial charge in [-0.05, 0) is 41.8 Å². The van der Waals surface area contributed by atoms with E-state index in [2.05, 4.69) is 0 Å². The lowest BCUT2D eigenvalue weighted by Gasteiger charge is -2.17. The third-order valence-corrected chi connectivity index (χ3v) is 5.47. The lowest BCUT2D eigenvalue weighted by Crippen LogP contribution is -2.26.